The Balaban J connectivity index is 1.71. The van der Waals surface area contributed by atoms with Crippen molar-refractivity contribution in [3.63, 3.8) is 0 Å². The predicted octanol–water partition coefficient (Wildman–Crippen LogP) is 1.73. The van der Waals surface area contributed by atoms with Gasteiger partial charge in [-0.1, -0.05) is 0 Å². The van der Waals surface area contributed by atoms with E-state index in [4.69, 9.17) is 18.9 Å². The van der Waals surface area contributed by atoms with E-state index < -0.39 is 0 Å². The highest BCUT2D eigenvalue weighted by Gasteiger charge is 2.17. The molecule has 0 spiro atoms. The summed E-state index contributed by atoms with van der Waals surface area (Å²) in [5.74, 6) is 2.98. The van der Waals surface area contributed by atoms with E-state index in [2.05, 4.69) is 19.0 Å². The van der Waals surface area contributed by atoms with Crippen LogP contribution in [0.15, 0.2) is 0 Å². The minimum Gasteiger partial charge on any atom is -0.444 e. The highest BCUT2D eigenvalue weighted by atomic mass is 16.5. The SMILES string of the molecule is CC1CCC(CCC2C#COCCO2)OCCO1. The largest absolute Gasteiger partial charge is 0.444 e. The third kappa shape index (κ3) is 4.85. The molecule has 102 valence electrons. The Hall–Kier alpha value is -0.760. The van der Waals surface area contributed by atoms with Crippen molar-refractivity contribution in [2.24, 2.45) is 0 Å². The van der Waals surface area contributed by atoms with Crippen molar-refractivity contribution < 1.29 is 18.9 Å². The summed E-state index contributed by atoms with van der Waals surface area (Å²) in [5.41, 5.74) is 0. The molecule has 0 amide bonds. The molecule has 2 heterocycles. The zero-order chi connectivity index (χ0) is 12.6. The van der Waals surface area contributed by atoms with E-state index in [-0.39, 0.29) is 6.10 Å². The van der Waals surface area contributed by atoms with Crippen LogP contribution in [-0.4, -0.2) is 44.7 Å². The molecule has 3 unspecified atom stereocenters. The molecule has 2 aliphatic rings. The standard InChI is InChI=1S/C14H22O4/c1-12-2-3-13(18-11-10-16-12)4-5-14-6-7-15-8-9-17-14/h12-14H,2-5,8-11H2,1H3. The van der Waals surface area contributed by atoms with E-state index in [0.29, 0.717) is 38.6 Å². The molecule has 0 radical (unpaired) electrons. The molecule has 2 aliphatic heterocycles. The van der Waals surface area contributed by atoms with E-state index in [1.807, 2.05) is 0 Å². The first kappa shape index (κ1) is 13.7. The lowest BCUT2D eigenvalue weighted by Crippen LogP contribution is -2.25. The fourth-order valence-corrected chi connectivity index (χ4v) is 2.20. The van der Waals surface area contributed by atoms with Crippen LogP contribution in [0.5, 0.6) is 0 Å². The van der Waals surface area contributed by atoms with Crippen LogP contribution in [0.4, 0.5) is 0 Å². The van der Waals surface area contributed by atoms with E-state index in [1.165, 1.54) is 0 Å². The molecule has 3 atom stereocenters. The molecule has 1 fully saturated rings. The quantitative estimate of drug-likeness (QED) is 0.719. The molecule has 18 heavy (non-hydrogen) atoms. The summed E-state index contributed by atoms with van der Waals surface area (Å²) in [6.45, 7) is 4.69. The minimum atomic E-state index is -0.00443. The fraction of sp³-hybridized carbons (Fsp3) is 0.857. The number of ether oxygens (including phenoxy) is 4. The van der Waals surface area contributed by atoms with Gasteiger partial charge in [-0.05, 0) is 38.5 Å². The van der Waals surface area contributed by atoms with Crippen LogP contribution >= 0.6 is 0 Å². The van der Waals surface area contributed by atoms with Crippen molar-refractivity contribution in [3.8, 4) is 12.0 Å². The van der Waals surface area contributed by atoms with Gasteiger partial charge in [-0.15, -0.1) is 0 Å². The fourth-order valence-electron chi connectivity index (χ4n) is 2.20. The summed E-state index contributed by atoms with van der Waals surface area (Å²) >= 11 is 0. The first-order valence-electron chi connectivity index (χ1n) is 6.81. The Morgan fingerprint density at radius 2 is 1.78 bits per heavy atom. The Bertz CT molecular complexity index is 294. The van der Waals surface area contributed by atoms with Crippen molar-refractivity contribution >= 4 is 0 Å². The van der Waals surface area contributed by atoms with Gasteiger partial charge in [-0.3, -0.25) is 0 Å². The van der Waals surface area contributed by atoms with Gasteiger partial charge in [0.05, 0.1) is 32.0 Å². The molecule has 0 N–H and O–H groups in total. The number of hydrogen-bond acceptors (Lipinski definition) is 4. The third-order valence-electron chi connectivity index (χ3n) is 3.28. The monoisotopic (exact) mass is 254 g/mol. The summed E-state index contributed by atoms with van der Waals surface area (Å²) in [4.78, 5) is 0. The molecular weight excluding hydrogens is 232 g/mol. The Morgan fingerprint density at radius 1 is 0.944 bits per heavy atom. The van der Waals surface area contributed by atoms with Gasteiger partial charge in [0.1, 0.15) is 18.8 Å². The normalized spacial score (nSPS) is 33.3. The maximum absolute atomic E-state index is 5.79. The van der Waals surface area contributed by atoms with Gasteiger partial charge in [-0.2, -0.15) is 0 Å². The highest BCUT2D eigenvalue weighted by molar-refractivity contribution is 5.01. The summed E-state index contributed by atoms with van der Waals surface area (Å²) in [6.07, 6.45) is 7.35. The van der Waals surface area contributed by atoms with E-state index >= 15 is 0 Å². The molecule has 0 aromatic heterocycles. The van der Waals surface area contributed by atoms with Crippen LogP contribution in [0.3, 0.4) is 0 Å². The van der Waals surface area contributed by atoms with E-state index in [9.17, 15) is 0 Å². The average molecular weight is 254 g/mol. The Labute approximate surface area is 109 Å². The van der Waals surface area contributed by atoms with Crippen molar-refractivity contribution in [3.05, 3.63) is 0 Å². The van der Waals surface area contributed by atoms with Crippen LogP contribution in [0.2, 0.25) is 0 Å². The van der Waals surface area contributed by atoms with Gasteiger partial charge in [0.2, 0.25) is 0 Å². The number of hydrogen-bond donors (Lipinski definition) is 0. The van der Waals surface area contributed by atoms with Gasteiger partial charge >= 0.3 is 0 Å². The summed E-state index contributed by atoms with van der Waals surface area (Å²) in [5, 5.41) is 0. The van der Waals surface area contributed by atoms with Crippen LogP contribution in [0.25, 0.3) is 0 Å². The van der Waals surface area contributed by atoms with Gasteiger partial charge in [0.25, 0.3) is 0 Å². The van der Waals surface area contributed by atoms with E-state index in [0.717, 1.165) is 25.7 Å². The lowest BCUT2D eigenvalue weighted by atomic mass is 10.0. The van der Waals surface area contributed by atoms with Gasteiger partial charge in [-0.25, -0.2) is 0 Å². The minimum absolute atomic E-state index is 0.00443. The molecule has 0 aromatic carbocycles. The van der Waals surface area contributed by atoms with Crippen molar-refractivity contribution in [1.82, 2.24) is 0 Å². The Morgan fingerprint density at radius 3 is 2.72 bits per heavy atom. The van der Waals surface area contributed by atoms with Gasteiger partial charge < -0.3 is 18.9 Å². The summed E-state index contributed by atoms with van der Waals surface area (Å²) in [6, 6.07) is 0. The molecule has 0 aliphatic carbocycles. The second-order valence-electron chi connectivity index (χ2n) is 4.78. The van der Waals surface area contributed by atoms with Crippen LogP contribution in [-0.2, 0) is 18.9 Å². The lowest BCUT2D eigenvalue weighted by molar-refractivity contribution is -0.0568. The average Bonchev–Trinajstić information content (AvgIpc) is 2.62. The molecular formula is C14H22O4. The maximum atomic E-state index is 5.79. The molecule has 1 saturated heterocycles. The van der Waals surface area contributed by atoms with Crippen LogP contribution in [0.1, 0.15) is 32.6 Å². The zero-order valence-electron chi connectivity index (χ0n) is 11.0. The highest BCUT2D eigenvalue weighted by Crippen LogP contribution is 2.17. The maximum Gasteiger partial charge on any atom is 0.123 e. The van der Waals surface area contributed by atoms with Crippen LogP contribution < -0.4 is 0 Å². The molecule has 0 saturated carbocycles. The second kappa shape index (κ2) is 7.63. The first-order chi connectivity index (χ1) is 8.84. The zero-order valence-corrected chi connectivity index (χ0v) is 11.0. The molecule has 4 heteroatoms. The second-order valence-corrected chi connectivity index (χ2v) is 4.78. The van der Waals surface area contributed by atoms with Crippen LogP contribution in [0, 0.1) is 12.0 Å². The molecule has 4 nitrogen and oxygen atoms in total. The van der Waals surface area contributed by atoms with Crippen molar-refractivity contribution in [1.29, 1.82) is 0 Å². The predicted molar refractivity (Wildman–Crippen MR) is 67.1 cm³/mol. The number of rotatable bonds is 3. The topological polar surface area (TPSA) is 36.9 Å². The lowest BCUT2D eigenvalue weighted by Gasteiger charge is -2.24. The van der Waals surface area contributed by atoms with Gasteiger partial charge in [0.15, 0.2) is 0 Å². The Kier molecular flexibility index (Phi) is 5.79. The van der Waals surface area contributed by atoms with Crippen molar-refractivity contribution in [2.75, 3.05) is 26.4 Å². The molecule has 0 bridgehead atoms. The molecule has 0 aromatic rings. The van der Waals surface area contributed by atoms with Gasteiger partial charge in [0, 0.05) is 0 Å². The molecule has 2 rings (SSSR count). The summed E-state index contributed by atoms with van der Waals surface area (Å²) < 4.78 is 22.0. The summed E-state index contributed by atoms with van der Waals surface area (Å²) in [7, 11) is 0. The smallest absolute Gasteiger partial charge is 0.123 e. The third-order valence-corrected chi connectivity index (χ3v) is 3.28. The first-order valence-corrected chi connectivity index (χ1v) is 6.81. The van der Waals surface area contributed by atoms with E-state index in [1.54, 1.807) is 0 Å². The van der Waals surface area contributed by atoms with Crippen molar-refractivity contribution in [2.45, 2.75) is 50.9 Å².